The van der Waals surface area contributed by atoms with Gasteiger partial charge < -0.3 is 20.1 Å². The van der Waals surface area contributed by atoms with E-state index in [0.29, 0.717) is 12.3 Å². The minimum absolute atomic E-state index is 0.0361. The van der Waals surface area contributed by atoms with Gasteiger partial charge in [-0.05, 0) is 55.8 Å². The fraction of sp³-hybridized carbons (Fsp3) is 0.176. The molecule has 1 amide bonds. The van der Waals surface area contributed by atoms with Crippen molar-refractivity contribution >= 4 is 11.6 Å². The lowest BCUT2D eigenvalue weighted by molar-refractivity contribution is 0.0954. The number of nitrogens with one attached hydrogen (secondary N) is 1. The van der Waals surface area contributed by atoms with Gasteiger partial charge in [-0.2, -0.15) is 5.10 Å². The molecule has 2 aromatic carbocycles. The SMILES string of the molecule is CCOc1ccc(C(C)=NNC(=O)c2cc(O)c(O)c(O)c2)cc1. The summed E-state index contributed by atoms with van der Waals surface area (Å²) in [7, 11) is 0. The molecule has 0 aliphatic rings. The van der Waals surface area contributed by atoms with Gasteiger partial charge in [-0.15, -0.1) is 0 Å². The van der Waals surface area contributed by atoms with Crippen molar-refractivity contribution in [2.45, 2.75) is 13.8 Å². The van der Waals surface area contributed by atoms with Crippen molar-refractivity contribution in [3.63, 3.8) is 0 Å². The first-order valence-corrected chi connectivity index (χ1v) is 7.25. The number of aromatic hydroxyl groups is 3. The van der Waals surface area contributed by atoms with Crippen molar-refractivity contribution < 1.29 is 24.9 Å². The Kier molecular flexibility index (Phi) is 5.26. The Labute approximate surface area is 138 Å². The zero-order chi connectivity index (χ0) is 17.7. The highest BCUT2D eigenvalue weighted by atomic mass is 16.5. The Morgan fingerprint density at radius 1 is 1.08 bits per heavy atom. The molecule has 0 fully saturated rings. The standard InChI is InChI=1S/C17H18N2O5/c1-3-24-13-6-4-11(5-7-13)10(2)18-19-17(23)12-8-14(20)16(22)15(21)9-12/h4-9,20-22H,3H2,1-2H3,(H,19,23). The van der Waals surface area contributed by atoms with Gasteiger partial charge in [-0.1, -0.05) is 0 Å². The van der Waals surface area contributed by atoms with Crippen LogP contribution in [0.2, 0.25) is 0 Å². The zero-order valence-corrected chi connectivity index (χ0v) is 13.3. The van der Waals surface area contributed by atoms with E-state index in [-0.39, 0.29) is 5.56 Å². The second-order valence-corrected chi connectivity index (χ2v) is 4.96. The Hall–Kier alpha value is -3.22. The Bertz CT molecular complexity index is 746. The maximum absolute atomic E-state index is 12.0. The summed E-state index contributed by atoms with van der Waals surface area (Å²) in [4.78, 5) is 12.0. The number of nitrogens with zero attached hydrogens (tertiary/aromatic N) is 1. The van der Waals surface area contributed by atoms with Crippen molar-refractivity contribution in [1.29, 1.82) is 0 Å². The van der Waals surface area contributed by atoms with E-state index >= 15 is 0 Å². The first kappa shape index (κ1) is 17.1. The highest BCUT2D eigenvalue weighted by Gasteiger charge is 2.13. The largest absolute Gasteiger partial charge is 0.504 e. The minimum Gasteiger partial charge on any atom is -0.504 e. The van der Waals surface area contributed by atoms with E-state index in [1.165, 1.54) is 0 Å². The summed E-state index contributed by atoms with van der Waals surface area (Å²) >= 11 is 0. The van der Waals surface area contributed by atoms with E-state index in [1.807, 2.05) is 19.1 Å². The van der Waals surface area contributed by atoms with Gasteiger partial charge in [0.2, 0.25) is 0 Å². The van der Waals surface area contributed by atoms with Crippen LogP contribution >= 0.6 is 0 Å². The smallest absolute Gasteiger partial charge is 0.271 e. The fourth-order valence-electron chi connectivity index (χ4n) is 1.96. The van der Waals surface area contributed by atoms with Crippen LogP contribution in [-0.2, 0) is 0 Å². The summed E-state index contributed by atoms with van der Waals surface area (Å²) in [6.45, 7) is 4.20. The molecule has 126 valence electrons. The Morgan fingerprint density at radius 2 is 1.67 bits per heavy atom. The lowest BCUT2D eigenvalue weighted by atomic mass is 10.1. The lowest BCUT2D eigenvalue weighted by Gasteiger charge is -2.07. The topological polar surface area (TPSA) is 111 Å². The molecule has 0 aromatic heterocycles. The van der Waals surface area contributed by atoms with E-state index < -0.39 is 23.2 Å². The van der Waals surface area contributed by atoms with Gasteiger partial charge >= 0.3 is 0 Å². The van der Waals surface area contributed by atoms with Gasteiger partial charge in [0.15, 0.2) is 17.2 Å². The molecule has 7 heteroatoms. The van der Waals surface area contributed by atoms with Crippen LogP contribution in [0.4, 0.5) is 0 Å². The van der Waals surface area contributed by atoms with Crippen LogP contribution < -0.4 is 10.2 Å². The number of amides is 1. The van der Waals surface area contributed by atoms with Gasteiger partial charge in [-0.25, -0.2) is 5.43 Å². The molecule has 0 saturated heterocycles. The molecule has 0 aliphatic carbocycles. The second kappa shape index (κ2) is 7.36. The van der Waals surface area contributed by atoms with Gasteiger partial charge in [0.25, 0.3) is 5.91 Å². The van der Waals surface area contributed by atoms with Crippen molar-refractivity contribution in [3.8, 4) is 23.0 Å². The number of hydrogen-bond acceptors (Lipinski definition) is 6. The van der Waals surface area contributed by atoms with E-state index in [0.717, 1.165) is 23.4 Å². The number of phenols is 3. The maximum atomic E-state index is 12.0. The van der Waals surface area contributed by atoms with Gasteiger partial charge in [-0.3, -0.25) is 4.79 Å². The molecule has 0 bridgehead atoms. The third-order valence-electron chi connectivity index (χ3n) is 3.24. The summed E-state index contributed by atoms with van der Waals surface area (Å²) in [6.07, 6.45) is 0. The number of hydrogen-bond donors (Lipinski definition) is 4. The van der Waals surface area contributed by atoms with Crippen molar-refractivity contribution in [1.82, 2.24) is 5.43 Å². The zero-order valence-electron chi connectivity index (χ0n) is 13.3. The van der Waals surface area contributed by atoms with Crippen LogP contribution in [0.25, 0.3) is 0 Å². The minimum atomic E-state index is -0.680. The predicted octanol–water partition coefficient (Wildman–Crippen LogP) is 2.36. The van der Waals surface area contributed by atoms with Crippen LogP contribution in [0, 0.1) is 0 Å². The van der Waals surface area contributed by atoms with Crippen LogP contribution in [-0.4, -0.2) is 33.5 Å². The van der Waals surface area contributed by atoms with E-state index in [9.17, 15) is 20.1 Å². The van der Waals surface area contributed by atoms with Crippen LogP contribution in [0.5, 0.6) is 23.0 Å². The van der Waals surface area contributed by atoms with E-state index in [1.54, 1.807) is 19.1 Å². The lowest BCUT2D eigenvalue weighted by Crippen LogP contribution is -2.19. The molecule has 0 aliphatic heterocycles. The Balaban J connectivity index is 2.10. The number of carbonyl (C=O) groups excluding carboxylic acids is 1. The Morgan fingerprint density at radius 3 is 2.21 bits per heavy atom. The summed E-state index contributed by atoms with van der Waals surface area (Å²) in [5.41, 5.74) is 3.66. The van der Waals surface area contributed by atoms with Crippen molar-refractivity contribution in [2.24, 2.45) is 5.10 Å². The molecule has 4 N–H and O–H groups in total. The number of ether oxygens (including phenoxy) is 1. The van der Waals surface area contributed by atoms with E-state index in [2.05, 4.69) is 10.5 Å². The molecular formula is C17H18N2O5. The summed E-state index contributed by atoms with van der Waals surface area (Å²) in [6, 6.07) is 9.30. The maximum Gasteiger partial charge on any atom is 0.271 e. The highest BCUT2D eigenvalue weighted by molar-refractivity contribution is 6.01. The second-order valence-electron chi connectivity index (χ2n) is 4.96. The molecule has 0 saturated carbocycles. The number of phenolic OH excluding ortho intramolecular Hbond substituents is 3. The molecule has 0 heterocycles. The molecule has 0 atom stereocenters. The third kappa shape index (κ3) is 3.95. The molecular weight excluding hydrogens is 312 g/mol. The molecule has 2 aromatic rings. The third-order valence-corrected chi connectivity index (χ3v) is 3.24. The number of carbonyl (C=O) groups is 1. The van der Waals surface area contributed by atoms with Crippen LogP contribution in [0.3, 0.4) is 0 Å². The molecule has 2 rings (SSSR count). The summed E-state index contributed by atoms with van der Waals surface area (Å²) in [5.74, 6) is -1.75. The predicted molar refractivity (Wildman–Crippen MR) is 88.7 cm³/mol. The van der Waals surface area contributed by atoms with Crippen LogP contribution in [0.15, 0.2) is 41.5 Å². The summed E-state index contributed by atoms with van der Waals surface area (Å²) in [5, 5.41) is 32.1. The number of hydrazone groups is 1. The van der Waals surface area contributed by atoms with Gasteiger partial charge in [0, 0.05) is 5.56 Å². The van der Waals surface area contributed by atoms with Crippen LogP contribution in [0.1, 0.15) is 29.8 Å². The monoisotopic (exact) mass is 330 g/mol. The first-order valence-electron chi connectivity index (χ1n) is 7.25. The molecule has 0 spiro atoms. The van der Waals surface area contributed by atoms with Crippen molar-refractivity contribution in [2.75, 3.05) is 6.61 Å². The molecule has 7 nitrogen and oxygen atoms in total. The highest BCUT2D eigenvalue weighted by Crippen LogP contribution is 2.35. The average molecular weight is 330 g/mol. The molecule has 24 heavy (non-hydrogen) atoms. The first-order chi connectivity index (χ1) is 11.4. The quantitative estimate of drug-likeness (QED) is 0.382. The number of rotatable bonds is 5. The number of benzene rings is 2. The fourth-order valence-corrected chi connectivity index (χ4v) is 1.96. The van der Waals surface area contributed by atoms with E-state index in [4.69, 9.17) is 4.74 Å². The average Bonchev–Trinajstić information content (AvgIpc) is 2.57. The van der Waals surface area contributed by atoms with Gasteiger partial charge in [0.1, 0.15) is 5.75 Å². The normalized spacial score (nSPS) is 11.2. The molecule has 0 unspecified atom stereocenters. The van der Waals surface area contributed by atoms with Crippen molar-refractivity contribution in [3.05, 3.63) is 47.5 Å². The molecule has 0 radical (unpaired) electrons. The summed E-state index contributed by atoms with van der Waals surface area (Å²) < 4.78 is 5.35. The van der Waals surface area contributed by atoms with Gasteiger partial charge in [0.05, 0.1) is 12.3 Å².